The van der Waals surface area contributed by atoms with Gasteiger partial charge in [0.15, 0.2) is 0 Å². The highest BCUT2D eigenvalue weighted by Gasteiger charge is 2.26. The first-order valence-electron chi connectivity index (χ1n) is 9.06. The van der Waals surface area contributed by atoms with Crippen molar-refractivity contribution in [1.29, 1.82) is 0 Å². The molecule has 2 aromatic rings. The molecule has 1 saturated heterocycles. The summed E-state index contributed by atoms with van der Waals surface area (Å²) in [5, 5.41) is 10.6. The van der Waals surface area contributed by atoms with Crippen molar-refractivity contribution in [2.24, 2.45) is 5.92 Å². The minimum absolute atomic E-state index is 0.273. The topological polar surface area (TPSA) is 39.6 Å². The first-order chi connectivity index (χ1) is 11.7. The Kier molecular flexibility index (Phi) is 5.82. The molecule has 4 heteroatoms. The maximum Gasteiger partial charge on any atom is 0.0702 e. The Balaban J connectivity index is 1.66. The summed E-state index contributed by atoms with van der Waals surface area (Å²) in [7, 11) is 0. The van der Waals surface area contributed by atoms with Crippen LogP contribution in [0.15, 0.2) is 36.5 Å². The maximum atomic E-state index is 9.41. The highest BCUT2D eigenvalue weighted by atomic mass is 16.3. The molecule has 24 heavy (non-hydrogen) atoms. The number of benzene rings is 1. The van der Waals surface area contributed by atoms with E-state index in [1.54, 1.807) is 0 Å². The van der Waals surface area contributed by atoms with Gasteiger partial charge in [-0.25, -0.2) is 0 Å². The highest BCUT2D eigenvalue weighted by Crippen LogP contribution is 2.19. The number of hydrogen-bond acceptors (Lipinski definition) is 4. The van der Waals surface area contributed by atoms with Crippen LogP contribution in [0.4, 0.5) is 0 Å². The minimum Gasteiger partial charge on any atom is -0.396 e. The van der Waals surface area contributed by atoms with Gasteiger partial charge in [-0.05, 0) is 36.1 Å². The van der Waals surface area contributed by atoms with Crippen LogP contribution in [0.2, 0.25) is 0 Å². The molecule has 1 aliphatic rings. The molecular weight excluding hydrogens is 298 g/mol. The predicted molar refractivity (Wildman–Crippen MR) is 98.9 cm³/mol. The second-order valence-electron chi connectivity index (χ2n) is 7.32. The van der Waals surface area contributed by atoms with E-state index < -0.39 is 0 Å². The molecule has 4 nitrogen and oxygen atoms in total. The third kappa shape index (κ3) is 4.32. The van der Waals surface area contributed by atoms with E-state index in [1.165, 1.54) is 10.9 Å². The quantitative estimate of drug-likeness (QED) is 0.885. The van der Waals surface area contributed by atoms with Gasteiger partial charge in [-0.2, -0.15) is 0 Å². The largest absolute Gasteiger partial charge is 0.396 e. The Hall–Kier alpha value is -1.49. The summed E-state index contributed by atoms with van der Waals surface area (Å²) in [6.45, 7) is 10.1. The van der Waals surface area contributed by atoms with Gasteiger partial charge in [0.25, 0.3) is 0 Å². The zero-order valence-electron chi connectivity index (χ0n) is 14.9. The fourth-order valence-electron chi connectivity index (χ4n) is 3.71. The number of piperazine rings is 1. The molecular formula is C20H29N3O. The monoisotopic (exact) mass is 327 g/mol. The van der Waals surface area contributed by atoms with Crippen LogP contribution in [0.3, 0.4) is 0 Å². The average molecular weight is 327 g/mol. The van der Waals surface area contributed by atoms with Crippen molar-refractivity contribution in [3.63, 3.8) is 0 Å². The van der Waals surface area contributed by atoms with Crippen molar-refractivity contribution >= 4 is 10.9 Å². The molecule has 3 rings (SSSR count). The van der Waals surface area contributed by atoms with Crippen molar-refractivity contribution < 1.29 is 5.11 Å². The van der Waals surface area contributed by atoms with Gasteiger partial charge < -0.3 is 5.11 Å². The molecule has 0 amide bonds. The fraction of sp³-hybridized carbons (Fsp3) is 0.550. The van der Waals surface area contributed by atoms with Crippen molar-refractivity contribution in [3.05, 3.63) is 42.1 Å². The molecule has 2 heterocycles. The zero-order chi connectivity index (χ0) is 16.9. The summed E-state index contributed by atoms with van der Waals surface area (Å²) in [5.74, 6) is 0.672. The van der Waals surface area contributed by atoms with E-state index in [9.17, 15) is 5.11 Å². The smallest absolute Gasteiger partial charge is 0.0702 e. The second kappa shape index (κ2) is 8.06. The van der Waals surface area contributed by atoms with Gasteiger partial charge in [0.05, 0.1) is 5.52 Å². The Morgan fingerprint density at radius 2 is 2.12 bits per heavy atom. The number of fused-ring (bicyclic) bond motifs is 1. The molecule has 1 aliphatic heterocycles. The lowest BCUT2D eigenvalue weighted by Crippen LogP contribution is -2.53. The van der Waals surface area contributed by atoms with Gasteiger partial charge in [0.2, 0.25) is 0 Å². The first kappa shape index (κ1) is 17.3. The minimum atomic E-state index is 0.273. The fourth-order valence-corrected chi connectivity index (χ4v) is 3.71. The predicted octanol–water partition coefficient (Wildman–Crippen LogP) is 2.76. The number of rotatable bonds is 6. The summed E-state index contributed by atoms with van der Waals surface area (Å²) in [4.78, 5) is 9.47. The van der Waals surface area contributed by atoms with Crippen LogP contribution in [0.25, 0.3) is 10.9 Å². The van der Waals surface area contributed by atoms with Crippen LogP contribution in [0.1, 0.15) is 25.8 Å². The molecule has 1 fully saturated rings. The molecule has 0 saturated carbocycles. The molecule has 0 unspecified atom stereocenters. The van der Waals surface area contributed by atoms with Gasteiger partial charge >= 0.3 is 0 Å². The van der Waals surface area contributed by atoms with Crippen molar-refractivity contribution in [1.82, 2.24) is 14.8 Å². The lowest BCUT2D eigenvalue weighted by Gasteiger charge is -2.42. The Bertz CT molecular complexity index is 658. The molecule has 0 aliphatic carbocycles. The van der Waals surface area contributed by atoms with E-state index in [0.29, 0.717) is 12.0 Å². The summed E-state index contributed by atoms with van der Waals surface area (Å²) in [6, 6.07) is 11.1. The number of nitrogens with zero attached hydrogens (tertiary/aromatic N) is 3. The number of aromatic nitrogens is 1. The standard InChI is InChI=1S/C20H29N3O/c1-16(2)13-23-10-9-22(15-19(23)7-11-24)14-17-5-6-20-18(12-17)4-3-8-21-20/h3-6,8,12,16,19,24H,7,9-11,13-15H2,1-2H3/t19-/m0/s1. The van der Waals surface area contributed by atoms with E-state index >= 15 is 0 Å². The van der Waals surface area contributed by atoms with Gasteiger partial charge in [-0.15, -0.1) is 0 Å². The average Bonchev–Trinajstić information content (AvgIpc) is 2.57. The normalized spacial score (nSPS) is 20.1. The molecule has 130 valence electrons. The van der Waals surface area contributed by atoms with Crippen LogP contribution in [0, 0.1) is 5.92 Å². The molecule has 0 spiro atoms. The van der Waals surface area contributed by atoms with E-state index in [2.05, 4.69) is 52.9 Å². The molecule has 1 aromatic heterocycles. The van der Waals surface area contributed by atoms with Gasteiger partial charge in [-0.3, -0.25) is 14.8 Å². The number of aliphatic hydroxyl groups excluding tert-OH is 1. The third-order valence-electron chi connectivity index (χ3n) is 4.82. The molecule has 1 N–H and O–H groups in total. The molecule has 1 aromatic carbocycles. The highest BCUT2D eigenvalue weighted by molar-refractivity contribution is 5.78. The number of pyridine rings is 1. The van der Waals surface area contributed by atoms with Crippen LogP contribution in [0.5, 0.6) is 0 Å². The van der Waals surface area contributed by atoms with Crippen molar-refractivity contribution in [2.75, 3.05) is 32.8 Å². The third-order valence-corrected chi connectivity index (χ3v) is 4.82. The van der Waals surface area contributed by atoms with E-state index in [-0.39, 0.29) is 6.61 Å². The number of aliphatic hydroxyl groups is 1. The molecule has 0 radical (unpaired) electrons. The van der Waals surface area contributed by atoms with E-state index in [1.807, 2.05) is 12.3 Å². The Labute approximate surface area is 145 Å². The van der Waals surface area contributed by atoms with Gasteiger partial charge in [0, 0.05) is 57.0 Å². The zero-order valence-corrected chi connectivity index (χ0v) is 14.9. The van der Waals surface area contributed by atoms with Crippen LogP contribution in [-0.4, -0.2) is 58.7 Å². The maximum absolute atomic E-state index is 9.41. The number of hydrogen-bond donors (Lipinski definition) is 1. The summed E-state index contributed by atoms with van der Waals surface area (Å²) >= 11 is 0. The van der Waals surface area contributed by atoms with Crippen LogP contribution in [-0.2, 0) is 6.54 Å². The Morgan fingerprint density at radius 3 is 2.92 bits per heavy atom. The van der Waals surface area contributed by atoms with Gasteiger partial charge in [-0.1, -0.05) is 26.0 Å². The van der Waals surface area contributed by atoms with Gasteiger partial charge in [0.1, 0.15) is 0 Å². The summed E-state index contributed by atoms with van der Waals surface area (Å²) in [5.41, 5.74) is 2.40. The summed E-state index contributed by atoms with van der Waals surface area (Å²) < 4.78 is 0. The van der Waals surface area contributed by atoms with Crippen molar-refractivity contribution in [3.8, 4) is 0 Å². The molecule has 1 atom stereocenters. The van der Waals surface area contributed by atoms with Crippen LogP contribution >= 0.6 is 0 Å². The van der Waals surface area contributed by atoms with Crippen LogP contribution < -0.4 is 0 Å². The Morgan fingerprint density at radius 1 is 1.25 bits per heavy atom. The molecule has 0 bridgehead atoms. The first-order valence-corrected chi connectivity index (χ1v) is 9.06. The lowest BCUT2D eigenvalue weighted by atomic mass is 10.0. The van der Waals surface area contributed by atoms with Crippen molar-refractivity contribution in [2.45, 2.75) is 32.9 Å². The second-order valence-corrected chi connectivity index (χ2v) is 7.32. The van der Waals surface area contributed by atoms with E-state index in [0.717, 1.165) is 44.7 Å². The SMILES string of the molecule is CC(C)CN1CCN(Cc2ccc3ncccc3c2)C[C@@H]1CCO. The van der Waals surface area contributed by atoms with E-state index in [4.69, 9.17) is 0 Å². The summed E-state index contributed by atoms with van der Waals surface area (Å²) in [6.07, 6.45) is 2.71. The lowest BCUT2D eigenvalue weighted by molar-refractivity contribution is 0.0477.